The molecular formula is C15H17N5O3. The van der Waals surface area contributed by atoms with E-state index in [1.807, 2.05) is 13.8 Å². The Balaban J connectivity index is 2.05. The van der Waals surface area contributed by atoms with Crippen molar-refractivity contribution in [2.45, 2.75) is 20.4 Å². The van der Waals surface area contributed by atoms with Crippen LogP contribution in [0.1, 0.15) is 19.7 Å². The van der Waals surface area contributed by atoms with Crippen LogP contribution in [0.5, 0.6) is 11.5 Å². The second kappa shape index (κ2) is 7.79. The molecule has 0 spiro atoms. The highest BCUT2D eigenvalue weighted by atomic mass is 16.5. The van der Waals surface area contributed by atoms with Gasteiger partial charge >= 0.3 is 0 Å². The van der Waals surface area contributed by atoms with Gasteiger partial charge < -0.3 is 14.8 Å². The average molecular weight is 315 g/mol. The molecule has 1 amide bonds. The number of nitriles is 1. The van der Waals surface area contributed by atoms with E-state index in [0.29, 0.717) is 30.4 Å². The Kier molecular flexibility index (Phi) is 5.52. The zero-order valence-corrected chi connectivity index (χ0v) is 12.9. The monoisotopic (exact) mass is 315 g/mol. The highest BCUT2D eigenvalue weighted by molar-refractivity contribution is 5.90. The Hall–Kier alpha value is -3.08. The minimum absolute atomic E-state index is 0.0255. The lowest BCUT2D eigenvalue weighted by Gasteiger charge is -2.13. The van der Waals surface area contributed by atoms with Gasteiger partial charge in [-0.15, -0.1) is 5.10 Å². The number of hydrogen-bond donors (Lipinski definition) is 1. The molecule has 0 saturated heterocycles. The molecule has 120 valence electrons. The van der Waals surface area contributed by atoms with Gasteiger partial charge in [-0.2, -0.15) is 5.26 Å². The highest BCUT2D eigenvalue weighted by Crippen LogP contribution is 2.30. The van der Waals surface area contributed by atoms with Crippen molar-refractivity contribution in [3.8, 4) is 17.6 Å². The van der Waals surface area contributed by atoms with Crippen molar-refractivity contribution in [2.24, 2.45) is 0 Å². The van der Waals surface area contributed by atoms with Crippen LogP contribution in [-0.2, 0) is 11.3 Å². The largest absolute Gasteiger partial charge is 0.490 e. The van der Waals surface area contributed by atoms with E-state index < -0.39 is 0 Å². The van der Waals surface area contributed by atoms with E-state index >= 15 is 0 Å². The summed E-state index contributed by atoms with van der Waals surface area (Å²) in [5, 5.41) is 15.2. The van der Waals surface area contributed by atoms with Gasteiger partial charge in [-0.1, -0.05) is 0 Å². The van der Waals surface area contributed by atoms with Gasteiger partial charge in [-0.25, -0.2) is 9.67 Å². The number of carbonyl (C=O) groups is 1. The predicted molar refractivity (Wildman–Crippen MR) is 82.1 cm³/mol. The van der Waals surface area contributed by atoms with E-state index in [1.54, 1.807) is 24.3 Å². The summed E-state index contributed by atoms with van der Waals surface area (Å²) in [4.78, 5) is 15.7. The van der Waals surface area contributed by atoms with Crippen LogP contribution in [0.15, 0.2) is 24.5 Å². The number of aromatic nitrogens is 3. The van der Waals surface area contributed by atoms with Gasteiger partial charge in [0, 0.05) is 11.8 Å². The van der Waals surface area contributed by atoms with Crippen LogP contribution in [0.4, 0.5) is 5.69 Å². The number of amides is 1. The van der Waals surface area contributed by atoms with Gasteiger partial charge in [0.05, 0.1) is 13.2 Å². The molecule has 0 unspecified atom stereocenters. The van der Waals surface area contributed by atoms with Crippen molar-refractivity contribution in [3.63, 3.8) is 0 Å². The van der Waals surface area contributed by atoms with Gasteiger partial charge in [-0.05, 0) is 26.0 Å². The molecule has 0 aliphatic heterocycles. The maximum Gasteiger partial charge on any atom is 0.252 e. The van der Waals surface area contributed by atoms with Crippen LogP contribution in [0.2, 0.25) is 0 Å². The fraction of sp³-hybridized carbons (Fsp3) is 0.333. The zero-order chi connectivity index (χ0) is 16.7. The fourth-order valence-electron chi connectivity index (χ4n) is 1.90. The zero-order valence-electron chi connectivity index (χ0n) is 12.9. The van der Waals surface area contributed by atoms with Gasteiger partial charge in [0.2, 0.25) is 5.91 Å². The van der Waals surface area contributed by atoms with E-state index in [1.165, 1.54) is 11.0 Å². The first-order valence-electron chi connectivity index (χ1n) is 7.15. The Morgan fingerprint density at radius 1 is 1.30 bits per heavy atom. The summed E-state index contributed by atoms with van der Waals surface area (Å²) >= 11 is 0. The third-order valence-electron chi connectivity index (χ3n) is 2.77. The van der Waals surface area contributed by atoms with E-state index in [2.05, 4.69) is 15.4 Å². The number of carbonyl (C=O) groups excluding carboxylic acids is 1. The van der Waals surface area contributed by atoms with Crippen molar-refractivity contribution in [2.75, 3.05) is 18.5 Å². The van der Waals surface area contributed by atoms with Gasteiger partial charge in [0.1, 0.15) is 18.9 Å². The topological polar surface area (TPSA) is 102 Å². The number of nitrogens with zero attached hydrogens (tertiary/aromatic N) is 4. The third-order valence-corrected chi connectivity index (χ3v) is 2.77. The lowest BCUT2D eigenvalue weighted by Crippen LogP contribution is -2.19. The molecule has 0 radical (unpaired) electrons. The lowest BCUT2D eigenvalue weighted by molar-refractivity contribution is -0.116. The molecule has 0 aliphatic carbocycles. The SMILES string of the molecule is CCOc1ccc(NC(=O)Cn2cnc(C#N)n2)cc1OCC. The highest BCUT2D eigenvalue weighted by Gasteiger charge is 2.10. The third kappa shape index (κ3) is 4.44. The average Bonchev–Trinajstić information content (AvgIpc) is 2.97. The number of nitrogens with one attached hydrogen (secondary N) is 1. The molecule has 0 saturated carbocycles. The first-order chi connectivity index (χ1) is 11.2. The van der Waals surface area contributed by atoms with Crippen molar-refractivity contribution >= 4 is 11.6 Å². The summed E-state index contributed by atoms with van der Waals surface area (Å²) in [5.74, 6) is 0.936. The molecule has 0 bridgehead atoms. The molecule has 23 heavy (non-hydrogen) atoms. The van der Waals surface area contributed by atoms with Crippen LogP contribution in [0.3, 0.4) is 0 Å². The van der Waals surface area contributed by atoms with Crippen LogP contribution >= 0.6 is 0 Å². The number of hydrogen-bond acceptors (Lipinski definition) is 6. The molecule has 2 aromatic rings. The fourth-order valence-corrected chi connectivity index (χ4v) is 1.90. The van der Waals surface area contributed by atoms with Crippen LogP contribution in [0, 0.1) is 11.3 Å². The number of anilines is 1. The quantitative estimate of drug-likeness (QED) is 0.832. The molecule has 0 fully saturated rings. The first kappa shape index (κ1) is 16.3. The Bertz CT molecular complexity index is 720. The number of rotatable bonds is 7. The Morgan fingerprint density at radius 3 is 2.70 bits per heavy atom. The van der Waals surface area contributed by atoms with E-state index in [9.17, 15) is 4.79 Å². The van der Waals surface area contributed by atoms with Crippen molar-refractivity contribution in [1.29, 1.82) is 5.26 Å². The van der Waals surface area contributed by atoms with Crippen molar-refractivity contribution in [1.82, 2.24) is 14.8 Å². The molecule has 8 nitrogen and oxygen atoms in total. The van der Waals surface area contributed by atoms with Crippen molar-refractivity contribution in [3.05, 3.63) is 30.4 Å². The summed E-state index contributed by atoms with van der Waals surface area (Å²) in [6.45, 7) is 4.75. The summed E-state index contributed by atoms with van der Waals surface area (Å²) in [6.07, 6.45) is 1.34. The lowest BCUT2D eigenvalue weighted by atomic mass is 10.2. The molecule has 1 heterocycles. The molecule has 1 aromatic carbocycles. The van der Waals surface area contributed by atoms with Crippen LogP contribution in [-0.4, -0.2) is 33.9 Å². The normalized spacial score (nSPS) is 9.96. The molecule has 0 aliphatic rings. The smallest absolute Gasteiger partial charge is 0.252 e. The molecular weight excluding hydrogens is 298 g/mol. The Morgan fingerprint density at radius 2 is 2.04 bits per heavy atom. The minimum Gasteiger partial charge on any atom is -0.490 e. The summed E-state index contributed by atoms with van der Waals surface area (Å²) in [7, 11) is 0. The number of benzene rings is 1. The van der Waals surface area contributed by atoms with E-state index in [-0.39, 0.29) is 18.3 Å². The second-order valence-corrected chi connectivity index (χ2v) is 4.45. The maximum absolute atomic E-state index is 12.0. The maximum atomic E-state index is 12.0. The Labute approximate surface area is 133 Å². The molecule has 0 atom stereocenters. The van der Waals surface area contributed by atoms with Gasteiger partial charge in [0.15, 0.2) is 11.5 Å². The molecule has 2 rings (SSSR count). The molecule has 8 heteroatoms. The minimum atomic E-state index is -0.286. The van der Waals surface area contributed by atoms with Crippen LogP contribution < -0.4 is 14.8 Å². The second-order valence-electron chi connectivity index (χ2n) is 4.45. The van der Waals surface area contributed by atoms with E-state index in [4.69, 9.17) is 14.7 Å². The van der Waals surface area contributed by atoms with Crippen LogP contribution in [0.25, 0.3) is 0 Å². The summed E-state index contributed by atoms with van der Waals surface area (Å²) in [6, 6.07) is 6.98. The van der Waals surface area contributed by atoms with Crippen molar-refractivity contribution < 1.29 is 14.3 Å². The molecule has 1 N–H and O–H groups in total. The summed E-state index contributed by atoms with van der Waals surface area (Å²) in [5.41, 5.74) is 0.586. The first-order valence-corrected chi connectivity index (χ1v) is 7.15. The summed E-state index contributed by atoms with van der Waals surface area (Å²) < 4.78 is 12.3. The predicted octanol–water partition coefficient (Wildman–Crippen LogP) is 1.59. The number of ether oxygens (including phenoxy) is 2. The van der Waals surface area contributed by atoms with E-state index in [0.717, 1.165) is 0 Å². The van der Waals surface area contributed by atoms with Gasteiger partial charge in [-0.3, -0.25) is 4.79 Å². The standard InChI is InChI=1S/C15H17N5O3/c1-3-22-12-6-5-11(7-13(12)23-4-2)18-15(21)9-20-10-17-14(8-16)19-20/h5-7,10H,3-4,9H2,1-2H3,(H,18,21). The van der Waals surface area contributed by atoms with Gasteiger partial charge in [0.25, 0.3) is 5.82 Å². The molecule has 1 aromatic heterocycles.